The van der Waals surface area contributed by atoms with Crippen molar-refractivity contribution in [1.82, 2.24) is 0 Å². The van der Waals surface area contributed by atoms with Crippen LogP contribution in [0.2, 0.25) is 0 Å². The molecule has 2 nitrogen and oxygen atoms in total. The third-order valence-corrected chi connectivity index (χ3v) is 0. The second-order valence-corrected chi connectivity index (χ2v) is 0. The van der Waals surface area contributed by atoms with E-state index in [0.29, 0.717) is 0 Å². The summed E-state index contributed by atoms with van der Waals surface area (Å²) in [6, 6.07) is 0. The molecule has 0 heterocycles. The van der Waals surface area contributed by atoms with E-state index < -0.39 is 0 Å². The molecular formula is Hf2O2. The second-order valence-electron chi connectivity index (χ2n) is 0. The molecule has 0 saturated carbocycles. The maximum absolute atomic E-state index is 0. The summed E-state index contributed by atoms with van der Waals surface area (Å²) in [5, 5.41) is 0. The van der Waals surface area contributed by atoms with Gasteiger partial charge in [-0.1, -0.05) is 0 Å². The molecule has 0 radical (unpaired) electrons. The van der Waals surface area contributed by atoms with E-state index in [4.69, 9.17) is 0 Å². The Morgan fingerprint density at radius 1 is 0.750 bits per heavy atom. The molecule has 0 atom stereocenters. The average Bonchev–Trinajstić information content (AvgIpc) is 0. The van der Waals surface area contributed by atoms with Gasteiger partial charge >= 0.3 is 25.8 Å². The standard InChI is InChI=1S/2Hf.2O/q;+4;2*-2. The van der Waals surface area contributed by atoms with Gasteiger partial charge < -0.3 is 11.0 Å². The van der Waals surface area contributed by atoms with Crippen LogP contribution in [0.5, 0.6) is 0 Å². The quantitative estimate of drug-likeness (QED) is 0.514. The van der Waals surface area contributed by atoms with Gasteiger partial charge in [-0.15, -0.1) is 0 Å². The van der Waals surface area contributed by atoms with E-state index in [1.54, 1.807) is 0 Å². The first-order valence-electron chi connectivity index (χ1n) is 0. The zero-order valence-corrected chi connectivity index (χ0v) is 9.00. The fourth-order valence-electron chi connectivity index (χ4n) is 0. The van der Waals surface area contributed by atoms with Crippen LogP contribution in [0.15, 0.2) is 0 Å². The summed E-state index contributed by atoms with van der Waals surface area (Å²) >= 11 is 0. The minimum Gasteiger partial charge on any atom is -2.00 e. The van der Waals surface area contributed by atoms with E-state index >= 15 is 0 Å². The summed E-state index contributed by atoms with van der Waals surface area (Å²) in [6.45, 7) is 0. The Morgan fingerprint density at radius 2 is 0.750 bits per heavy atom. The van der Waals surface area contributed by atoms with Crippen molar-refractivity contribution < 1.29 is 62.6 Å². The Hall–Kier alpha value is 1.66. The van der Waals surface area contributed by atoms with Crippen LogP contribution >= 0.6 is 0 Å². The van der Waals surface area contributed by atoms with Crippen molar-refractivity contribution in [2.75, 3.05) is 0 Å². The van der Waals surface area contributed by atoms with Gasteiger partial charge in [0, 0.05) is 25.8 Å². The summed E-state index contributed by atoms with van der Waals surface area (Å²) < 4.78 is 0. The molecule has 0 spiro atoms. The average molecular weight is 389 g/mol. The van der Waals surface area contributed by atoms with Crippen LogP contribution in [0.4, 0.5) is 0 Å². The maximum atomic E-state index is 0. The van der Waals surface area contributed by atoms with Gasteiger partial charge in [-0.3, -0.25) is 0 Å². The molecule has 4 heteroatoms. The first-order valence-corrected chi connectivity index (χ1v) is 0. The van der Waals surface area contributed by atoms with Crippen LogP contribution in [0.25, 0.3) is 0 Å². The molecule has 0 aromatic heterocycles. The van der Waals surface area contributed by atoms with E-state index in [9.17, 15) is 0 Å². The van der Waals surface area contributed by atoms with Crippen molar-refractivity contribution in [1.29, 1.82) is 0 Å². The van der Waals surface area contributed by atoms with Crippen molar-refractivity contribution >= 4 is 0 Å². The van der Waals surface area contributed by atoms with Gasteiger partial charge in [0.15, 0.2) is 0 Å². The summed E-state index contributed by atoms with van der Waals surface area (Å²) in [4.78, 5) is 0. The maximum Gasteiger partial charge on any atom is 4.00 e. The summed E-state index contributed by atoms with van der Waals surface area (Å²) in [7, 11) is 0. The minimum absolute atomic E-state index is 0. The van der Waals surface area contributed by atoms with Gasteiger partial charge in [-0.25, -0.2) is 0 Å². The first kappa shape index (κ1) is 44.6. The molecule has 4 heavy (non-hydrogen) atoms. The van der Waals surface area contributed by atoms with Gasteiger partial charge in [0.25, 0.3) is 0 Å². The molecule has 0 fully saturated rings. The smallest absolute Gasteiger partial charge is 2.00 e. The van der Waals surface area contributed by atoms with Gasteiger partial charge in [0.1, 0.15) is 0 Å². The van der Waals surface area contributed by atoms with Crippen LogP contribution in [0.3, 0.4) is 0 Å². The number of rotatable bonds is 0. The molecule has 0 aliphatic heterocycles. The summed E-state index contributed by atoms with van der Waals surface area (Å²) in [6.07, 6.45) is 0. The molecule has 0 saturated heterocycles. The molecule has 0 aromatic rings. The first-order chi connectivity index (χ1) is 0. The van der Waals surface area contributed by atoms with Crippen molar-refractivity contribution in [3.63, 3.8) is 0 Å². The van der Waals surface area contributed by atoms with Crippen LogP contribution < -0.4 is 0 Å². The third-order valence-electron chi connectivity index (χ3n) is 0. The van der Waals surface area contributed by atoms with Crippen LogP contribution in [0.1, 0.15) is 0 Å². The van der Waals surface area contributed by atoms with Gasteiger partial charge in [-0.2, -0.15) is 0 Å². The van der Waals surface area contributed by atoms with E-state index in [2.05, 4.69) is 0 Å². The Kier molecular flexibility index (Phi) is 253. The van der Waals surface area contributed by atoms with Crippen molar-refractivity contribution in [3.8, 4) is 0 Å². The molecule has 20 valence electrons. The van der Waals surface area contributed by atoms with Gasteiger partial charge in [0.2, 0.25) is 0 Å². The molecule has 0 amide bonds. The third kappa shape index (κ3) is 9.40. The number of hydrogen-bond donors (Lipinski definition) is 0. The normalized spacial score (nSPS) is 0. The predicted molar refractivity (Wildman–Crippen MR) is 1.37 cm³/mol. The number of hydrogen-bond acceptors (Lipinski definition) is 0. The monoisotopic (exact) mass is 392 g/mol. The molecule has 0 unspecified atom stereocenters. The fourth-order valence-corrected chi connectivity index (χ4v) is 0. The summed E-state index contributed by atoms with van der Waals surface area (Å²) in [5.41, 5.74) is 0. The Morgan fingerprint density at radius 3 is 0.750 bits per heavy atom. The minimum atomic E-state index is 0. The van der Waals surface area contributed by atoms with Crippen LogP contribution in [0, 0.1) is 0 Å². The van der Waals surface area contributed by atoms with Crippen LogP contribution in [-0.2, 0) is 62.6 Å². The molecule has 0 aliphatic rings. The summed E-state index contributed by atoms with van der Waals surface area (Å²) in [5.74, 6) is 0. The Balaban J connectivity index is 0. The zero-order valence-electron chi connectivity index (χ0n) is 1.82. The molecule has 0 N–H and O–H groups in total. The molecule has 0 rings (SSSR count). The fraction of sp³-hybridized carbons (Fsp3) is 0. The molecule has 0 aliphatic carbocycles. The van der Waals surface area contributed by atoms with Crippen molar-refractivity contribution in [2.45, 2.75) is 0 Å². The second kappa shape index (κ2) is 22.7. The van der Waals surface area contributed by atoms with Crippen molar-refractivity contribution in [3.05, 3.63) is 0 Å². The van der Waals surface area contributed by atoms with E-state index in [-0.39, 0.29) is 62.6 Å². The van der Waals surface area contributed by atoms with Gasteiger partial charge in [0.05, 0.1) is 0 Å². The zero-order chi connectivity index (χ0) is 0. The van der Waals surface area contributed by atoms with Gasteiger partial charge in [-0.05, 0) is 0 Å². The molecule has 0 aromatic carbocycles. The predicted octanol–water partition coefficient (Wildman–Crippen LogP) is -0.243. The van der Waals surface area contributed by atoms with E-state index in [1.165, 1.54) is 0 Å². The van der Waals surface area contributed by atoms with E-state index in [1.807, 2.05) is 0 Å². The molecule has 0 bridgehead atoms. The van der Waals surface area contributed by atoms with Crippen LogP contribution in [-0.4, -0.2) is 0 Å². The molecular weight excluding hydrogens is 389 g/mol. The van der Waals surface area contributed by atoms with E-state index in [0.717, 1.165) is 0 Å². The van der Waals surface area contributed by atoms with Crippen molar-refractivity contribution in [2.24, 2.45) is 0 Å². The largest absolute Gasteiger partial charge is 4.00 e. The Labute approximate surface area is 62.1 Å². The SMILES string of the molecule is [Hf+4].[Hf].[O-2].[O-2]. The topological polar surface area (TPSA) is 57.0 Å². The Bertz CT molecular complexity index is 4.00.